The van der Waals surface area contributed by atoms with E-state index in [0.717, 1.165) is 27.5 Å². The lowest BCUT2D eigenvalue weighted by Crippen LogP contribution is -1.96. The third-order valence-corrected chi connectivity index (χ3v) is 5.09. The molecular formula is C20H17N3OS. The highest BCUT2D eigenvalue weighted by Crippen LogP contribution is 2.40. The lowest BCUT2D eigenvalue weighted by atomic mass is 10.0. The maximum Gasteiger partial charge on any atom is 0.143 e. The summed E-state index contributed by atoms with van der Waals surface area (Å²) in [5.74, 6) is 1.65. The van der Waals surface area contributed by atoms with E-state index in [2.05, 4.69) is 46.5 Å². The first kappa shape index (κ1) is 15.6. The number of ether oxygens (including phenoxy) is 1. The Morgan fingerprint density at radius 1 is 0.960 bits per heavy atom. The molecule has 0 bridgehead atoms. The van der Waals surface area contributed by atoms with Gasteiger partial charge in [0.25, 0.3) is 0 Å². The Morgan fingerprint density at radius 2 is 1.72 bits per heavy atom. The van der Waals surface area contributed by atoms with Crippen LogP contribution in [-0.4, -0.2) is 17.1 Å². The summed E-state index contributed by atoms with van der Waals surface area (Å²) in [6.07, 6.45) is 1.61. The summed E-state index contributed by atoms with van der Waals surface area (Å²) in [6.45, 7) is 2.13. The van der Waals surface area contributed by atoms with Crippen molar-refractivity contribution >= 4 is 33.1 Å². The van der Waals surface area contributed by atoms with E-state index in [1.54, 1.807) is 24.8 Å². The average Bonchev–Trinajstić information content (AvgIpc) is 3.00. The molecule has 0 unspecified atom stereocenters. The van der Waals surface area contributed by atoms with Gasteiger partial charge in [0, 0.05) is 16.1 Å². The average molecular weight is 347 g/mol. The van der Waals surface area contributed by atoms with E-state index in [9.17, 15) is 0 Å². The molecule has 4 rings (SSSR count). The number of aryl methyl sites for hydroxylation is 1. The lowest BCUT2D eigenvalue weighted by Gasteiger charge is -2.09. The van der Waals surface area contributed by atoms with E-state index in [0.29, 0.717) is 0 Å². The van der Waals surface area contributed by atoms with Crippen molar-refractivity contribution in [1.82, 2.24) is 9.97 Å². The molecule has 0 aliphatic heterocycles. The Morgan fingerprint density at radius 3 is 2.44 bits per heavy atom. The molecule has 0 fully saturated rings. The van der Waals surface area contributed by atoms with Crippen LogP contribution in [0, 0.1) is 6.92 Å². The molecule has 2 aromatic carbocycles. The van der Waals surface area contributed by atoms with Gasteiger partial charge < -0.3 is 10.1 Å². The molecule has 2 aromatic heterocycles. The van der Waals surface area contributed by atoms with E-state index in [4.69, 9.17) is 4.74 Å². The predicted octanol–water partition coefficient (Wildman–Crippen LogP) is 5.42. The molecule has 0 atom stereocenters. The number of hydrogen-bond donors (Lipinski definition) is 1. The van der Waals surface area contributed by atoms with E-state index in [1.165, 1.54) is 16.0 Å². The number of thiophene rings is 1. The van der Waals surface area contributed by atoms with Gasteiger partial charge in [-0.05, 0) is 36.8 Å². The zero-order chi connectivity index (χ0) is 17.2. The van der Waals surface area contributed by atoms with Gasteiger partial charge in [0.1, 0.15) is 22.7 Å². The summed E-state index contributed by atoms with van der Waals surface area (Å²) in [7, 11) is 1.66. The first-order chi connectivity index (χ1) is 12.3. The van der Waals surface area contributed by atoms with Crippen LogP contribution in [0.25, 0.3) is 21.3 Å². The van der Waals surface area contributed by atoms with Crippen molar-refractivity contribution in [2.75, 3.05) is 12.4 Å². The second-order valence-corrected chi connectivity index (χ2v) is 6.86. The van der Waals surface area contributed by atoms with Gasteiger partial charge in [-0.3, -0.25) is 0 Å². The fraction of sp³-hybridized carbons (Fsp3) is 0.100. The van der Waals surface area contributed by atoms with Gasteiger partial charge in [-0.1, -0.05) is 30.3 Å². The highest BCUT2D eigenvalue weighted by atomic mass is 32.1. The summed E-state index contributed by atoms with van der Waals surface area (Å²) in [6, 6.07) is 18.2. The smallest absolute Gasteiger partial charge is 0.143 e. The topological polar surface area (TPSA) is 47.0 Å². The Bertz CT molecular complexity index is 1010. The van der Waals surface area contributed by atoms with E-state index < -0.39 is 0 Å². The third-order valence-electron chi connectivity index (χ3n) is 4.08. The van der Waals surface area contributed by atoms with Crippen LogP contribution in [0.5, 0.6) is 5.75 Å². The Balaban J connectivity index is 1.83. The van der Waals surface area contributed by atoms with Crippen molar-refractivity contribution < 1.29 is 4.74 Å². The second kappa shape index (κ2) is 6.53. The van der Waals surface area contributed by atoms with Crippen LogP contribution in [0.1, 0.15) is 4.88 Å². The Hall–Kier alpha value is -2.92. The number of fused-ring (bicyclic) bond motifs is 1. The number of benzene rings is 2. The van der Waals surface area contributed by atoms with Crippen LogP contribution in [0.15, 0.2) is 60.9 Å². The number of nitrogens with zero attached hydrogens (tertiary/aromatic N) is 2. The normalized spacial score (nSPS) is 10.8. The number of anilines is 2. The molecular weight excluding hydrogens is 330 g/mol. The first-order valence-corrected chi connectivity index (χ1v) is 8.78. The van der Waals surface area contributed by atoms with Gasteiger partial charge in [0.15, 0.2) is 0 Å². The second-order valence-electron chi connectivity index (χ2n) is 5.66. The molecule has 4 aromatic rings. The molecule has 4 nitrogen and oxygen atoms in total. The van der Waals surface area contributed by atoms with Crippen molar-refractivity contribution in [2.24, 2.45) is 0 Å². The Labute approximate surface area is 150 Å². The molecule has 0 aliphatic rings. The fourth-order valence-electron chi connectivity index (χ4n) is 2.90. The summed E-state index contributed by atoms with van der Waals surface area (Å²) < 4.78 is 5.22. The molecule has 2 heterocycles. The number of methoxy groups -OCH3 is 1. The van der Waals surface area contributed by atoms with Gasteiger partial charge >= 0.3 is 0 Å². The number of rotatable bonds is 4. The van der Waals surface area contributed by atoms with Gasteiger partial charge in [-0.15, -0.1) is 11.3 Å². The summed E-state index contributed by atoms with van der Waals surface area (Å²) in [4.78, 5) is 11.2. The standard InChI is InChI=1S/C20H17N3OS/c1-13-17(14-6-4-3-5-7-14)18-19(21-12-22-20(18)25-13)23-15-8-10-16(24-2)11-9-15/h3-12H,1-2H3,(H,21,22,23). The molecule has 0 spiro atoms. The summed E-state index contributed by atoms with van der Waals surface area (Å²) >= 11 is 1.69. The molecule has 124 valence electrons. The summed E-state index contributed by atoms with van der Waals surface area (Å²) in [5, 5.41) is 4.48. The minimum absolute atomic E-state index is 0.818. The summed E-state index contributed by atoms with van der Waals surface area (Å²) in [5.41, 5.74) is 3.33. The van der Waals surface area contributed by atoms with Gasteiger partial charge in [-0.25, -0.2) is 9.97 Å². The minimum Gasteiger partial charge on any atom is -0.497 e. The molecule has 0 amide bonds. The van der Waals surface area contributed by atoms with E-state index in [-0.39, 0.29) is 0 Å². The largest absolute Gasteiger partial charge is 0.497 e. The first-order valence-electron chi connectivity index (χ1n) is 7.97. The number of aromatic nitrogens is 2. The molecule has 1 N–H and O–H groups in total. The number of nitrogens with one attached hydrogen (secondary N) is 1. The molecule has 0 saturated carbocycles. The van der Waals surface area contributed by atoms with Crippen molar-refractivity contribution in [3.05, 3.63) is 65.8 Å². The highest BCUT2D eigenvalue weighted by Gasteiger charge is 2.16. The van der Waals surface area contributed by atoms with E-state index in [1.807, 2.05) is 30.3 Å². The fourth-order valence-corrected chi connectivity index (χ4v) is 3.92. The van der Waals surface area contributed by atoms with Crippen molar-refractivity contribution in [2.45, 2.75) is 6.92 Å². The zero-order valence-corrected chi connectivity index (χ0v) is 14.8. The van der Waals surface area contributed by atoms with E-state index >= 15 is 0 Å². The van der Waals surface area contributed by atoms with Crippen molar-refractivity contribution in [3.8, 4) is 16.9 Å². The van der Waals surface area contributed by atoms with Gasteiger partial charge in [0.2, 0.25) is 0 Å². The van der Waals surface area contributed by atoms with Crippen molar-refractivity contribution in [1.29, 1.82) is 0 Å². The molecule has 0 radical (unpaired) electrons. The number of hydrogen-bond acceptors (Lipinski definition) is 5. The molecule has 5 heteroatoms. The van der Waals surface area contributed by atoms with Crippen molar-refractivity contribution in [3.63, 3.8) is 0 Å². The minimum atomic E-state index is 0.818. The molecule has 0 aliphatic carbocycles. The third kappa shape index (κ3) is 2.94. The predicted molar refractivity (Wildman–Crippen MR) is 104 cm³/mol. The quantitative estimate of drug-likeness (QED) is 0.535. The molecule has 0 saturated heterocycles. The maximum absolute atomic E-state index is 5.22. The molecule has 25 heavy (non-hydrogen) atoms. The maximum atomic E-state index is 5.22. The van der Waals surface area contributed by atoms with Crippen LogP contribution < -0.4 is 10.1 Å². The Kier molecular flexibility index (Phi) is 4.07. The highest BCUT2D eigenvalue weighted by molar-refractivity contribution is 7.19. The van der Waals surface area contributed by atoms with Gasteiger partial charge in [0.05, 0.1) is 12.5 Å². The van der Waals surface area contributed by atoms with Crippen LogP contribution in [-0.2, 0) is 0 Å². The van der Waals surface area contributed by atoms with Crippen LogP contribution in [0.2, 0.25) is 0 Å². The monoisotopic (exact) mass is 347 g/mol. The SMILES string of the molecule is COc1ccc(Nc2ncnc3sc(C)c(-c4ccccc4)c23)cc1. The zero-order valence-electron chi connectivity index (χ0n) is 14.0. The van der Waals surface area contributed by atoms with Crippen LogP contribution >= 0.6 is 11.3 Å². The van der Waals surface area contributed by atoms with Crippen LogP contribution in [0.3, 0.4) is 0 Å². The lowest BCUT2D eigenvalue weighted by molar-refractivity contribution is 0.415. The van der Waals surface area contributed by atoms with Gasteiger partial charge in [-0.2, -0.15) is 0 Å². The van der Waals surface area contributed by atoms with Crippen LogP contribution in [0.4, 0.5) is 11.5 Å².